The van der Waals surface area contributed by atoms with Crippen LogP contribution in [0.1, 0.15) is 18.1 Å². The molecule has 1 aliphatic rings. The number of sulfonamides is 1. The van der Waals surface area contributed by atoms with Crippen LogP contribution in [-0.4, -0.2) is 36.8 Å². The maximum atomic E-state index is 12.6. The number of nitrogens with two attached hydrogens (primary N) is 1. The van der Waals surface area contributed by atoms with Crippen molar-refractivity contribution >= 4 is 15.7 Å². The van der Waals surface area contributed by atoms with E-state index in [9.17, 15) is 18.5 Å². The van der Waals surface area contributed by atoms with E-state index in [1.165, 1.54) is 10.4 Å². The van der Waals surface area contributed by atoms with Gasteiger partial charge in [0.25, 0.3) is 5.69 Å². The van der Waals surface area contributed by atoms with E-state index in [1.807, 2.05) is 6.92 Å². The summed E-state index contributed by atoms with van der Waals surface area (Å²) < 4.78 is 26.5. The Morgan fingerprint density at radius 2 is 1.95 bits per heavy atom. The molecule has 2 atom stereocenters. The van der Waals surface area contributed by atoms with Gasteiger partial charge in [0.05, 0.1) is 9.82 Å². The van der Waals surface area contributed by atoms with Gasteiger partial charge in [0.2, 0.25) is 10.0 Å². The van der Waals surface area contributed by atoms with Crippen LogP contribution in [0.5, 0.6) is 0 Å². The van der Waals surface area contributed by atoms with Crippen molar-refractivity contribution in [3.63, 3.8) is 0 Å². The second kappa shape index (κ2) is 5.36. The quantitative estimate of drug-likeness (QED) is 0.666. The van der Waals surface area contributed by atoms with Gasteiger partial charge in [0.1, 0.15) is 0 Å². The van der Waals surface area contributed by atoms with Crippen molar-refractivity contribution in [2.75, 3.05) is 13.1 Å². The van der Waals surface area contributed by atoms with Crippen molar-refractivity contribution in [2.45, 2.75) is 31.7 Å². The van der Waals surface area contributed by atoms with Gasteiger partial charge in [-0.15, -0.1) is 0 Å². The van der Waals surface area contributed by atoms with Crippen molar-refractivity contribution < 1.29 is 13.3 Å². The standard InChI is InChI=1S/C13H19N3O4S/c1-8-4-11(5-13(10(8)3)16(17)18)21(19,20)15-6-9(2)12(14)7-15/h4-5,9,12H,6-7,14H2,1-3H3. The molecule has 0 amide bonds. The number of nitro groups is 1. The molecule has 0 aromatic heterocycles. The van der Waals surface area contributed by atoms with Crippen molar-refractivity contribution in [1.29, 1.82) is 0 Å². The van der Waals surface area contributed by atoms with Crippen LogP contribution in [0, 0.1) is 29.9 Å². The topological polar surface area (TPSA) is 107 Å². The Balaban J connectivity index is 2.49. The molecule has 1 saturated heterocycles. The average molecular weight is 313 g/mol. The lowest BCUT2D eigenvalue weighted by Crippen LogP contribution is -2.32. The zero-order valence-corrected chi connectivity index (χ0v) is 13.1. The van der Waals surface area contributed by atoms with Gasteiger partial charge in [-0.05, 0) is 31.4 Å². The van der Waals surface area contributed by atoms with Crippen molar-refractivity contribution in [3.05, 3.63) is 33.4 Å². The Morgan fingerprint density at radius 1 is 1.33 bits per heavy atom. The molecule has 1 aromatic rings. The minimum absolute atomic E-state index is 0.0430. The first kappa shape index (κ1) is 15.9. The van der Waals surface area contributed by atoms with Gasteiger partial charge in [-0.25, -0.2) is 8.42 Å². The third kappa shape index (κ3) is 2.78. The van der Waals surface area contributed by atoms with Crippen LogP contribution in [0.3, 0.4) is 0 Å². The molecule has 7 nitrogen and oxygen atoms in total. The lowest BCUT2D eigenvalue weighted by atomic mass is 10.1. The largest absolute Gasteiger partial charge is 0.326 e. The molecule has 1 aliphatic heterocycles. The monoisotopic (exact) mass is 313 g/mol. The molecule has 116 valence electrons. The van der Waals surface area contributed by atoms with Crippen LogP contribution in [0.4, 0.5) is 5.69 Å². The second-order valence-corrected chi connectivity index (χ2v) is 7.54. The summed E-state index contributed by atoms with van der Waals surface area (Å²) in [4.78, 5) is 10.5. The summed E-state index contributed by atoms with van der Waals surface area (Å²) in [5, 5.41) is 11.1. The zero-order valence-electron chi connectivity index (χ0n) is 12.2. The highest BCUT2D eigenvalue weighted by molar-refractivity contribution is 7.89. The molecule has 2 unspecified atom stereocenters. The van der Waals surface area contributed by atoms with Crippen molar-refractivity contribution in [1.82, 2.24) is 4.31 Å². The number of hydrogen-bond acceptors (Lipinski definition) is 5. The van der Waals surface area contributed by atoms with E-state index in [0.29, 0.717) is 17.7 Å². The highest BCUT2D eigenvalue weighted by Gasteiger charge is 2.36. The third-order valence-corrected chi connectivity index (χ3v) is 5.89. The Kier molecular flexibility index (Phi) is 4.05. The van der Waals surface area contributed by atoms with Gasteiger partial charge in [0.15, 0.2) is 0 Å². The fraction of sp³-hybridized carbons (Fsp3) is 0.538. The van der Waals surface area contributed by atoms with Gasteiger partial charge in [-0.3, -0.25) is 10.1 Å². The average Bonchev–Trinajstić information content (AvgIpc) is 2.73. The molecule has 1 aromatic carbocycles. The maximum absolute atomic E-state index is 12.6. The van der Waals surface area contributed by atoms with Gasteiger partial charge < -0.3 is 5.73 Å². The van der Waals surface area contributed by atoms with E-state index in [0.717, 1.165) is 6.07 Å². The first-order valence-corrected chi connectivity index (χ1v) is 8.10. The van der Waals surface area contributed by atoms with Crippen LogP contribution in [0.15, 0.2) is 17.0 Å². The van der Waals surface area contributed by atoms with Crippen LogP contribution in [0.25, 0.3) is 0 Å². The first-order chi connectivity index (χ1) is 9.64. The molecule has 0 saturated carbocycles. The molecule has 0 aliphatic carbocycles. The van der Waals surface area contributed by atoms with Gasteiger partial charge in [-0.1, -0.05) is 6.92 Å². The van der Waals surface area contributed by atoms with Gasteiger partial charge >= 0.3 is 0 Å². The Hall–Kier alpha value is -1.51. The predicted molar refractivity (Wildman–Crippen MR) is 78.5 cm³/mol. The molecule has 8 heteroatoms. The Labute approximate surface area is 123 Å². The summed E-state index contributed by atoms with van der Waals surface area (Å²) in [6.07, 6.45) is 0. The normalized spacial score (nSPS) is 23.4. The highest BCUT2D eigenvalue weighted by atomic mass is 32.2. The molecular formula is C13H19N3O4S. The molecule has 0 bridgehead atoms. The minimum atomic E-state index is -3.75. The maximum Gasteiger partial charge on any atom is 0.273 e. The summed E-state index contributed by atoms with van der Waals surface area (Å²) in [5.74, 6) is 0.0707. The molecule has 1 fully saturated rings. The molecule has 21 heavy (non-hydrogen) atoms. The van der Waals surface area contributed by atoms with Crippen LogP contribution >= 0.6 is 0 Å². The lowest BCUT2D eigenvalue weighted by molar-refractivity contribution is -0.385. The number of hydrogen-bond donors (Lipinski definition) is 1. The summed E-state index contributed by atoms with van der Waals surface area (Å²) in [6.45, 7) is 5.74. The fourth-order valence-electron chi connectivity index (χ4n) is 2.44. The van der Waals surface area contributed by atoms with Gasteiger partial charge in [0, 0.05) is 30.8 Å². The van der Waals surface area contributed by atoms with Crippen molar-refractivity contribution in [2.24, 2.45) is 11.7 Å². The van der Waals surface area contributed by atoms with E-state index in [4.69, 9.17) is 5.73 Å². The SMILES string of the molecule is Cc1cc(S(=O)(=O)N2CC(C)C(N)C2)cc([N+](=O)[O-])c1C. The molecular weight excluding hydrogens is 294 g/mol. The highest BCUT2D eigenvalue weighted by Crippen LogP contribution is 2.29. The fourth-order valence-corrected chi connectivity index (χ4v) is 4.12. The summed E-state index contributed by atoms with van der Waals surface area (Å²) in [6, 6.07) is 2.40. The second-order valence-electron chi connectivity index (χ2n) is 5.60. The summed E-state index contributed by atoms with van der Waals surface area (Å²) in [7, 11) is -3.75. The Bertz CT molecular complexity index is 677. The predicted octanol–water partition coefficient (Wildman–Crippen LogP) is 1.18. The number of aryl methyl sites for hydroxylation is 1. The van der Waals surface area contributed by atoms with Crippen LogP contribution in [0.2, 0.25) is 0 Å². The van der Waals surface area contributed by atoms with E-state index < -0.39 is 14.9 Å². The molecule has 1 heterocycles. The van der Waals surface area contributed by atoms with E-state index in [-0.39, 0.29) is 29.1 Å². The first-order valence-electron chi connectivity index (χ1n) is 6.66. The van der Waals surface area contributed by atoms with Crippen molar-refractivity contribution in [3.8, 4) is 0 Å². The van der Waals surface area contributed by atoms with Crippen LogP contribution in [-0.2, 0) is 10.0 Å². The lowest BCUT2D eigenvalue weighted by Gasteiger charge is -2.17. The molecule has 2 N–H and O–H groups in total. The van der Waals surface area contributed by atoms with E-state index >= 15 is 0 Å². The minimum Gasteiger partial charge on any atom is -0.326 e. The summed E-state index contributed by atoms with van der Waals surface area (Å²) >= 11 is 0. The number of benzene rings is 1. The number of rotatable bonds is 3. The molecule has 0 radical (unpaired) electrons. The molecule has 0 spiro atoms. The molecule has 2 rings (SSSR count). The number of nitro benzene ring substituents is 1. The van der Waals surface area contributed by atoms with Crippen LogP contribution < -0.4 is 5.73 Å². The third-order valence-electron chi connectivity index (χ3n) is 4.08. The van der Waals surface area contributed by atoms with E-state index in [2.05, 4.69) is 0 Å². The number of nitrogens with zero attached hydrogens (tertiary/aromatic N) is 2. The Morgan fingerprint density at radius 3 is 2.43 bits per heavy atom. The van der Waals surface area contributed by atoms with Gasteiger partial charge in [-0.2, -0.15) is 4.31 Å². The smallest absolute Gasteiger partial charge is 0.273 e. The zero-order chi connectivity index (χ0) is 15.9. The summed E-state index contributed by atoms with van der Waals surface area (Å²) in [5.41, 5.74) is 6.75. The van der Waals surface area contributed by atoms with E-state index in [1.54, 1.807) is 13.8 Å².